The summed E-state index contributed by atoms with van der Waals surface area (Å²) in [7, 11) is 0. The van der Waals surface area contributed by atoms with Crippen LogP contribution in [-0.4, -0.2) is 11.7 Å². The van der Waals surface area contributed by atoms with E-state index in [-0.39, 0.29) is 12.4 Å². The summed E-state index contributed by atoms with van der Waals surface area (Å²) in [6, 6.07) is 11.8. The molecule has 4 heteroatoms. The molecule has 1 aromatic carbocycles. The van der Waals surface area contributed by atoms with Gasteiger partial charge in [0.1, 0.15) is 11.5 Å². The minimum Gasteiger partial charge on any atom is -1.00 e. The summed E-state index contributed by atoms with van der Waals surface area (Å²) in [5.41, 5.74) is 1.95. The molecular formula is C16H21ClNO2-. The highest BCUT2D eigenvalue weighted by Crippen LogP contribution is 2.24. The van der Waals surface area contributed by atoms with Crippen LogP contribution in [0.3, 0.4) is 0 Å². The summed E-state index contributed by atoms with van der Waals surface area (Å²) in [6.07, 6.45) is 0.688. The van der Waals surface area contributed by atoms with Gasteiger partial charge in [-0.3, -0.25) is 0 Å². The molecule has 0 radical (unpaired) electrons. The first kappa shape index (κ1) is 16.8. The molecule has 0 saturated heterocycles. The molecular weight excluding hydrogens is 274 g/mol. The number of hydrogen-bond donors (Lipinski definition) is 2. The van der Waals surface area contributed by atoms with Crippen LogP contribution in [0.25, 0.3) is 11.3 Å². The van der Waals surface area contributed by atoms with Gasteiger partial charge in [-0.1, -0.05) is 31.2 Å². The molecule has 3 nitrogen and oxygen atoms in total. The van der Waals surface area contributed by atoms with Gasteiger partial charge in [-0.25, -0.2) is 0 Å². The lowest BCUT2D eigenvalue weighted by Crippen LogP contribution is -3.00. The Labute approximate surface area is 126 Å². The number of hydrogen-bond acceptors (Lipinski definition) is 3. The van der Waals surface area contributed by atoms with Crippen LogP contribution >= 0.6 is 0 Å². The molecule has 2 rings (SSSR count). The van der Waals surface area contributed by atoms with Crippen molar-refractivity contribution in [1.29, 1.82) is 0 Å². The predicted octanol–water partition coefficient (Wildman–Crippen LogP) is 0.503. The second kappa shape index (κ2) is 8.10. The quantitative estimate of drug-likeness (QED) is 0.763. The topological polar surface area (TPSA) is 45.4 Å². The number of aliphatic hydroxyl groups is 1. The zero-order valence-electron chi connectivity index (χ0n) is 11.9. The Balaban J connectivity index is 0.00000200. The van der Waals surface area contributed by atoms with Gasteiger partial charge in [-0.05, 0) is 37.6 Å². The predicted molar refractivity (Wildman–Crippen MR) is 76.8 cm³/mol. The molecule has 0 bridgehead atoms. The average Bonchev–Trinajstić information content (AvgIpc) is 2.88. The van der Waals surface area contributed by atoms with Gasteiger partial charge in [-0.15, -0.1) is 0 Å². The minimum absolute atomic E-state index is 0. The third kappa shape index (κ3) is 4.37. The first-order valence-electron chi connectivity index (χ1n) is 6.78. The Morgan fingerprint density at radius 2 is 1.85 bits per heavy atom. The molecule has 0 aliphatic rings. The molecule has 0 fully saturated rings. The Bertz CT molecular complexity index is 505. The lowest BCUT2D eigenvalue weighted by Gasteiger charge is -2.05. The molecule has 1 heterocycles. The van der Waals surface area contributed by atoms with E-state index in [0.29, 0.717) is 0 Å². The maximum Gasteiger partial charge on any atom is 0.134 e. The molecule has 20 heavy (non-hydrogen) atoms. The van der Waals surface area contributed by atoms with Crippen molar-refractivity contribution in [3.05, 3.63) is 47.7 Å². The Morgan fingerprint density at radius 3 is 2.45 bits per heavy atom. The first-order chi connectivity index (χ1) is 9.20. The highest BCUT2D eigenvalue weighted by Gasteiger charge is 2.06. The van der Waals surface area contributed by atoms with Crippen LogP contribution in [-0.2, 0) is 6.54 Å². The van der Waals surface area contributed by atoms with Gasteiger partial charge in [-0.2, -0.15) is 0 Å². The van der Waals surface area contributed by atoms with Crippen molar-refractivity contribution >= 4 is 0 Å². The summed E-state index contributed by atoms with van der Waals surface area (Å²) in [4.78, 5) is 0. The molecule has 0 saturated carbocycles. The zero-order valence-corrected chi connectivity index (χ0v) is 12.7. The number of furan rings is 1. The molecule has 1 aromatic heterocycles. The minimum atomic E-state index is -0.431. The van der Waals surface area contributed by atoms with E-state index >= 15 is 0 Å². The molecule has 2 N–H and O–H groups in total. The van der Waals surface area contributed by atoms with Gasteiger partial charge in [0.15, 0.2) is 0 Å². The fraction of sp³-hybridized carbons (Fsp3) is 0.375. The fourth-order valence-electron chi connectivity index (χ4n) is 1.94. The lowest BCUT2D eigenvalue weighted by molar-refractivity contribution is -0.00000647. The van der Waals surface area contributed by atoms with Crippen molar-refractivity contribution in [3.63, 3.8) is 0 Å². The third-order valence-electron chi connectivity index (χ3n) is 3.07. The van der Waals surface area contributed by atoms with Crippen molar-refractivity contribution < 1.29 is 21.9 Å². The monoisotopic (exact) mass is 294 g/mol. The first-order valence-corrected chi connectivity index (χ1v) is 6.78. The summed E-state index contributed by atoms with van der Waals surface area (Å²) >= 11 is 0. The van der Waals surface area contributed by atoms with Gasteiger partial charge in [0.25, 0.3) is 0 Å². The second-order valence-corrected chi connectivity index (χ2v) is 4.74. The number of benzene rings is 1. The number of rotatable bonds is 6. The van der Waals surface area contributed by atoms with Crippen LogP contribution in [0.2, 0.25) is 0 Å². The van der Waals surface area contributed by atoms with E-state index in [0.717, 1.165) is 42.2 Å². The van der Waals surface area contributed by atoms with Crippen LogP contribution in [0.1, 0.15) is 37.7 Å². The van der Waals surface area contributed by atoms with Gasteiger partial charge in [0.05, 0.1) is 12.6 Å². The van der Waals surface area contributed by atoms with E-state index in [9.17, 15) is 5.11 Å². The zero-order chi connectivity index (χ0) is 13.7. The summed E-state index contributed by atoms with van der Waals surface area (Å²) in [6.45, 7) is 5.67. The van der Waals surface area contributed by atoms with Crippen LogP contribution in [0.4, 0.5) is 0 Å². The van der Waals surface area contributed by atoms with E-state index < -0.39 is 6.10 Å². The Hall–Kier alpha value is -1.29. The normalized spacial score (nSPS) is 11.9. The highest BCUT2D eigenvalue weighted by atomic mass is 35.5. The molecule has 110 valence electrons. The van der Waals surface area contributed by atoms with E-state index in [1.165, 1.54) is 0 Å². The number of aliphatic hydroxyl groups excluding tert-OH is 1. The summed E-state index contributed by atoms with van der Waals surface area (Å²) in [5, 5.41) is 12.8. The van der Waals surface area contributed by atoms with E-state index in [1.54, 1.807) is 6.92 Å². The van der Waals surface area contributed by atoms with Crippen molar-refractivity contribution in [3.8, 4) is 11.3 Å². The molecule has 0 amide bonds. The number of nitrogens with one attached hydrogen (secondary N) is 1. The molecule has 1 atom stereocenters. The number of halogens is 1. The summed E-state index contributed by atoms with van der Waals surface area (Å²) < 4.78 is 5.79. The van der Waals surface area contributed by atoms with Gasteiger partial charge >= 0.3 is 0 Å². The lowest BCUT2D eigenvalue weighted by atomic mass is 10.1. The van der Waals surface area contributed by atoms with E-state index in [2.05, 4.69) is 12.2 Å². The molecule has 0 aliphatic carbocycles. The van der Waals surface area contributed by atoms with Crippen molar-refractivity contribution in [2.24, 2.45) is 0 Å². The third-order valence-corrected chi connectivity index (χ3v) is 3.07. The fourth-order valence-corrected chi connectivity index (χ4v) is 1.94. The smallest absolute Gasteiger partial charge is 0.134 e. The summed E-state index contributed by atoms with van der Waals surface area (Å²) in [5.74, 6) is 1.81. The Morgan fingerprint density at radius 1 is 1.15 bits per heavy atom. The van der Waals surface area contributed by atoms with Gasteiger partial charge in [0, 0.05) is 5.56 Å². The van der Waals surface area contributed by atoms with Gasteiger partial charge in [0.2, 0.25) is 0 Å². The van der Waals surface area contributed by atoms with Crippen LogP contribution < -0.4 is 17.7 Å². The van der Waals surface area contributed by atoms with Crippen LogP contribution in [0.5, 0.6) is 0 Å². The SMILES string of the molecule is CCCNCc1ccc(-c2ccc(C(C)O)cc2)o1.[Cl-]. The maximum absolute atomic E-state index is 9.48. The standard InChI is InChI=1S/C16H21NO2.ClH/c1-3-10-17-11-15-8-9-16(19-15)14-6-4-13(5-7-14)12(2)18;/h4-9,12,17-18H,3,10-11H2,1-2H3;1H/p-1. The second-order valence-electron chi connectivity index (χ2n) is 4.74. The van der Waals surface area contributed by atoms with Gasteiger partial charge < -0.3 is 27.2 Å². The highest BCUT2D eigenvalue weighted by molar-refractivity contribution is 5.58. The molecule has 1 unspecified atom stereocenters. The van der Waals surface area contributed by atoms with Crippen molar-refractivity contribution in [2.75, 3.05) is 6.54 Å². The van der Waals surface area contributed by atoms with E-state index in [4.69, 9.17) is 4.42 Å². The van der Waals surface area contributed by atoms with Crippen LogP contribution in [0.15, 0.2) is 40.8 Å². The largest absolute Gasteiger partial charge is 1.00 e. The maximum atomic E-state index is 9.48. The molecule has 0 spiro atoms. The van der Waals surface area contributed by atoms with E-state index in [1.807, 2.05) is 36.4 Å². The van der Waals surface area contributed by atoms with Crippen molar-refractivity contribution in [1.82, 2.24) is 5.32 Å². The molecule has 0 aliphatic heterocycles. The van der Waals surface area contributed by atoms with Crippen LogP contribution in [0, 0.1) is 0 Å². The average molecular weight is 295 g/mol. The van der Waals surface area contributed by atoms with Crippen molar-refractivity contribution in [2.45, 2.75) is 32.9 Å². The molecule has 2 aromatic rings. The Kier molecular flexibility index (Phi) is 6.79.